The maximum atomic E-state index is 11.4. The molecule has 0 bridgehead atoms. The second-order valence-corrected chi connectivity index (χ2v) is 5.67. The zero-order chi connectivity index (χ0) is 13.5. The molecule has 2 aromatic rings. The van der Waals surface area contributed by atoms with Crippen molar-refractivity contribution in [3.63, 3.8) is 0 Å². The fourth-order valence-electron chi connectivity index (χ4n) is 2.18. The topological polar surface area (TPSA) is 53.1 Å². The third kappa shape index (κ3) is 2.01. The number of hydrogen-bond donors (Lipinski definition) is 2. The lowest BCUT2D eigenvalue weighted by Gasteiger charge is -2.20. The van der Waals surface area contributed by atoms with E-state index in [1.807, 2.05) is 6.20 Å². The second-order valence-electron chi connectivity index (χ2n) is 5.67. The van der Waals surface area contributed by atoms with Crippen molar-refractivity contribution in [2.75, 3.05) is 0 Å². The Morgan fingerprint density at radius 3 is 2.50 bits per heavy atom. The lowest BCUT2D eigenvalue weighted by Crippen LogP contribution is -2.12. The van der Waals surface area contributed by atoms with Gasteiger partial charge in [0.25, 0.3) is 0 Å². The first kappa shape index (κ1) is 12.7. The Hall–Kier alpha value is -1.77. The third-order valence-electron chi connectivity index (χ3n) is 3.35. The van der Waals surface area contributed by atoms with Crippen LogP contribution < -0.4 is 0 Å². The summed E-state index contributed by atoms with van der Waals surface area (Å²) in [6.45, 7) is 8.36. The largest absolute Gasteiger partial charge is 0.478 e. The molecule has 0 radical (unpaired) electrons. The van der Waals surface area contributed by atoms with Crippen molar-refractivity contribution in [3.8, 4) is 0 Å². The molecule has 0 spiro atoms. The van der Waals surface area contributed by atoms with Gasteiger partial charge in [0.05, 0.1) is 11.1 Å². The van der Waals surface area contributed by atoms with Crippen LogP contribution in [0.2, 0.25) is 0 Å². The van der Waals surface area contributed by atoms with Gasteiger partial charge in [-0.2, -0.15) is 0 Å². The summed E-state index contributed by atoms with van der Waals surface area (Å²) in [6.07, 6.45) is 2.80. The summed E-state index contributed by atoms with van der Waals surface area (Å²) in [7, 11) is 0. The van der Waals surface area contributed by atoms with Crippen molar-refractivity contribution in [2.45, 2.75) is 39.5 Å². The molecule has 0 aliphatic heterocycles. The number of hydrogen-bond acceptors (Lipinski definition) is 1. The average molecular weight is 245 g/mol. The highest BCUT2D eigenvalue weighted by Crippen LogP contribution is 2.30. The van der Waals surface area contributed by atoms with E-state index in [-0.39, 0.29) is 5.41 Å². The van der Waals surface area contributed by atoms with Crippen molar-refractivity contribution in [3.05, 3.63) is 35.0 Å². The van der Waals surface area contributed by atoms with Crippen molar-refractivity contribution in [1.82, 2.24) is 4.98 Å². The van der Waals surface area contributed by atoms with Crippen LogP contribution in [-0.2, 0) is 11.8 Å². The van der Waals surface area contributed by atoms with Crippen molar-refractivity contribution in [2.24, 2.45) is 0 Å². The molecule has 0 saturated carbocycles. The summed E-state index contributed by atoms with van der Waals surface area (Å²) >= 11 is 0. The van der Waals surface area contributed by atoms with Crippen LogP contribution in [0.15, 0.2) is 18.3 Å². The molecule has 0 fully saturated rings. The first-order chi connectivity index (χ1) is 8.34. The Balaban J connectivity index is 2.81. The highest BCUT2D eigenvalue weighted by molar-refractivity contribution is 6.03. The minimum Gasteiger partial charge on any atom is -0.478 e. The smallest absolute Gasteiger partial charge is 0.337 e. The van der Waals surface area contributed by atoms with E-state index in [2.05, 4.69) is 38.7 Å². The van der Waals surface area contributed by atoms with Crippen LogP contribution in [0.4, 0.5) is 0 Å². The Kier molecular flexibility index (Phi) is 2.93. The van der Waals surface area contributed by atoms with Crippen molar-refractivity contribution >= 4 is 16.9 Å². The Labute approximate surface area is 107 Å². The monoisotopic (exact) mass is 245 g/mol. The molecule has 0 amide bonds. The molecule has 0 aliphatic rings. The van der Waals surface area contributed by atoms with Crippen LogP contribution in [0, 0.1) is 0 Å². The summed E-state index contributed by atoms with van der Waals surface area (Å²) in [5, 5.41) is 10.4. The van der Waals surface area contributed by atoms with Gasteiger partial charge in [0.2, 0.25) is 0 Å². The number of aryl methyl sites for hydroxylation is 1. The van der Waals surface area contributed by atoms with E-state index in [1.165, 1.54) is 5.56 Å². The number of aromatic nitrogens is 1. The number of aromatic carboxylic acids is 1. The summed E-state index contributed by atoms with van der Waals surface area (Å²) in [5.41, 5.74) is 3.26. The zero-order valence-corrected chi connectivity index (χ0v) is 11.3. The van der Waals surface area contributed by atoms with Crippen LogP contribution in [0.25, 0.3) is 10.9 Å². The van der Waals surface area contributed by atoms with Gasteiger partial charge in [-0.1, -0.05) is 27.7 Å². The van der Waals surface area contributed by atoms with E-state index in [0.717, 1.165) is 22.9 Å². The van der Waals surface area contributed by atoms with Crippen molar-refractivity contribution in [1.29, 1.82) is 0 Å². The average Bonchev–Trinajstić information content (AvgIpc) is 2.68. The summed E-state index contributed by atoms with van der Waals surface area (Å²) < 4.78 is 0. The quantitative estimate of drug-likeness (QED) is 0.847. The van der Waals surface area contributed by atoms with Gasteiger partial charge in [-0.15, -0.1) is 0 Å². The lowest BCUT2D eigenvalue weighted by atomic mass is 9.85. The van der Waals surface area contributed by atoms with E-state index in [1.54, 1.807) is 6.07 Å². The van der Waals surface area contributed by atoms with Gasteiger partial charge in [-0.25, -0.2) is 4.79 Å². The number of rotatable bonds is 2. The van der Waals surface area contributed by atoms with Crippen LogP contribution in [-0.4, -0.2) is 16.1 Å². The van der Waals surface area contributed by atoms with Crippen LogP contribution in [0.3, 0.4) is 0 Å². The van der Waals surface area contributed by atoms with E-state index < -0.39 is 5.97 Å². The van der Waals surface area contributed by atoms with Crippen LogP contribution >= 0.6 is 0 Å². The van der Waals surface area contributed by atoms with E-state index in [4.69, 9.17) is 0 Å². The minimum atomic E-state index is -0.879. The lowest BCUT2D eigenvalue weighted by molar-refractivity contribution is 0.0698. The van der Waals surface area contributed by atoms with Gasteiger partial charge >= 0.3 is 5.97 Å². The van der Waals surface area contributed by atoms with Crippen LogP contribution in [0.5, 0.6) is 0 Å². The fraction of sp³-hybridized carbons (Fsp3) is 0.400. The number of carboxylic acid groups (broad SMARTS) is 1. The first-order valence-electron chi connectivity index (χ1n) is 6.22. The molecule has 96 valence electrons. The Morgan fingerprint density at radius 1 is 1.33 bits per heavy atom. The molecule has 2 N–H and O–H groups in total. The second kappa shape index (κ2) is 4.16. The van der Waals surface area contributed by atoms with Crippen LogP contribution in [0.1, 0.15) is 49.2 Å². The molecule has 1 heterocycles. The first-order valence-corrected chi connectivity index (χ1v) is 6.22. The number of carboxylic acids is 1. The third-order valence-corrected chi connectivity index (χ3v) is 3.35. The Morgan fingerprint density at radius 2 is 2.00 bits per heavy atom. The summed E-state index contributed by atoms with van der Waals surface area (Å²) in [6, 6.07) is 3.89. The molecule has 18 heavy (non-hydrogen) atoms. The predicted molar refractivity (Wildman–Crippen MR) is 73.3 cm³/mol. The molecular formula is C15H19NO2. The minimum absolute atomic E-state index is 0.0549. The van der Waals surface area contributed by atoms with Gasteiger partial charge in [-0.3, -0.25) is 0 Å². The molecule has 0 aliphatic carbocycles. The summed E-state index contributed by atoms with van der Waals surface area (Å²) in [5.74, 6) is -0.879. The highest BCUT2D eigenvalue weighted by Gasteiger charge is 2.20. The van der Waals surface area contributed by atoms with E-state index in [0.29, 0.717) is 5.56 Å². The number of fused-ring (bicyclic) bond motifs is 1. The molecular weight excluding hydrogens is 226 g/mol. The van der Waals surface area contributed by atoms with Gasteiger partial charge in [0, 0.05) is 11.6 Å². The van der Waals surface area contributed by atoms with E-state index >= 15 is 0 Å². The Bertz CT molecular complexity index is 603. The number of benzene rings is 1. The number of H-pyrrole nitrogens is 1. The van der Waals surface area contributed by atoms with Gasteiger partial charge in [0.15, 0.2) is 0 Å². The molecule has 2 rings (SSSR count). The van der Waals surface area contributed by atoms with E-state index in [9.17, 15) is 9.90 Å². The van der Waals surface area contributed by atoms with Gasteiger partial charge in [0.1, 0.15) is 0 Å². The van der Waals surface area contributed by atoms with Gasteiger partial charge < -0.3 is 10.1 Å². The fourth-order valence-corrected chi connectivity index (χ4v) is 2.18. The molecule has 0 saturated heterocycles. The van der Waals surface area contributed by atoms with Crippen molar-refractivity contribution < 1.29 is 9.90 Å². The predicted octanol–water partition coefficient (Wildman–Crippen LogP) is 3.73. The number of carbonyl (C=O) groups is 1. The zero-order valence-electron chi connectivity index (χ0n) is 11.3. The maximum Gasteiger partial charge on any atom is 0.337 e. The number of nitrogens with one attached hydrogen (secondary N) is 1. The maximum absolute atomic E-state index is 11.4. The molecule has 1 aromatic carbocycles. The normalized spacial score (nSPS) is 12.0. The van der Waals surface area contributed by atoms with Gasteiger partial charge in [-0.05, 0) is 35.1 Å². The highest BCUT2D eigenvalue weighted by atomic mass is 16.4. The molecule has 1 aromatic heterocycles. The number of aromatic amines is 1. The molecule has 3 heteroatoms. The standard InChI is InChI=1S/C15H19NO2/c1-5-9-8-16-13-11(9)6-10(15(2,3)4)7-12(13)14(17)18/h6-8,16H,5H2,1-4H3,(H,17,18). The molecule has 3 nitrogen and oxygen atoms in total. The summed E-state index contributed by atoms with van der Waals surface area (Å²) in [4.78, 5) is 14.5. The molecule has 0 atom stereocenters. The molecule has 0 unspecified atom stereocenters. The SMILES string of the molecule is CCc1c[nH]c2c(C(=O)O)cc(C(C)(C)C)cc12.